The van der Waals surface area contributed by atoms with E-state index in [1.54, 1.807) is 0 Å². The van der Waals surface area contributed by atoms with E-state index in [1.807, 2.05) is 20.8 Å². The molecule has 0 heterocycles. The van der Waals surface area contributed by atoms with Crippen molar-refractivity contribution in [3.8, 4) is 10.7 Å². The summed E-state index contributed by atoms with van der Waals surface area (Å²) in [6, 6.07) is 0. The van der Waals surface area contributed by atoms with Crippen LogP contribution in [-0.4, -0.2) is 0 Å². The van der Waals surface area contributed by atoms with Crippen LogP contribution in [0.2, 0.25) is 0 Å². The molecule has 0 aromatic carbocycles. The van der Waals surface area contributed by atoms with Crippen LogP contribution in [0.15, 0.2) is 0 Å². The minimum absolute atomic E-state index is 0.0799. The first kappa shape index (κ1) is 7.08. The summed E-state index contributed by atoms with van der Waals surface area (Å²) in [7, 11) is 0. The zero-order chi connectivity index (χ0) is 5.91. The standard InChI is InChI=1S/C6H9.Cu/c1-5-6(2,3)4;/h2-4H3;. The number of hydrogen-bond donors (Lipinski definition) is 0. The molecule has 0 unspecified atom stereocenters. The Labute approximate surface area is 53.5 Å². The van der Waals surface area contributed by atoms with Gasteiger partial charge in [0, 0.05) is 0 Å². The van der Waals surface area contributed by atoms with E-state index in [4.69, 9.17) is 0 Å². The van der Waals surface area contributed by atoms with Crippen LogP contribution < -0.4 is 0 Å². The summed E-state index contributed by atoms with van der Waals surface area (Å²) in [6.45, 7) is 6.09. The molecule has 0 amide bonds. The SMILES string of the molecule is CC(C)(C)C#[C][Cu]. The van der Waals surface area contributed by atoms with Gasteiger partial charge in [0.15, 0.2) is 0 Å². The minimum atomic E-state index is 0.0799. The molecule has 0 aromatic rings. The topological polar surface area (TPSA) is 0 Å². The van der Waals surface area contributed by atoms with Crippen LogP contribution in [0.5, 0.6) is 0 Å². The van der Waals surface area contributed by atoms with Gasteiger partial charge in [-0.3, -0.25) is 0 Å². The third kappa shape index (κ3) is 6.08. The molecule has 0 aromatic heterocycles. The summed E-state index contributed by atoms with van der Waals surface area (Å²) in [4.78, 5) is 2.42. The zero-order valence-electron chi connectivity index (χ0n) is 4.80. The molecule has 7 heavy (non-hydrogen) atoms. The van der Waals surface area contributed by atoms with E-state index in [1.165, 1.54) is 0 Å². The molecule has 0 atom stereocenters. The van der Waals surface area contributed by atoms with Crippen molar-refractivity contribution in [2.75, 3.05) is 0 Å². The predicted octanol–water partition coefficient (Wildman–Crippen LogP) is 1.54. The quantitative estimate of drug-likeness (QED) is 0.358. The van der Waals surface area contributed by atoms with Crippen LogP contribution in [0.3, 0.4) is 0 Å². The van der Waals surface area contributed by atoms with Crippen molar-refractivity contribution in [2.45, 2.75) is 20.8 Å². The first-order valence-corrected chi connectivity index (χ1v) is 2.62. The molecule has 0 radical (unpaired) electrons. The van der Waals surface area contributed by atoms with Gasteiger partial charge >= 0.3 is 52.9 Å². The molecule has 0 saturated heterocycles. The molecule has 0 nitrogen and oxygen atoms in total. The van der Waals surface area contributed by atoms with E-state index in [9.17, 15) is 0 Å². The van der Waals surface area contributed by atoms with Gasteiger partial charge in [0.1, 0.15) is 0 Å². The molecule has 0 spiro atoms. The fourth-order valence-electron chi connectivity index (χ4n) is 0.113. The van der Waals surface area contributed by atoms with Gasteiger partial charge in [-0.25, -0.2) is 0 Å². The van der Waals surface area contributed by atoms with Crippen LogP contribution in [0.4, 0.5) is 0 Å². The summed E-state index contributed by atoms with van der Waals surface area (Å²) < 4.78 is 0. The Morgan fingerprint density at radius 1 is 1.29 bits per heavy atom. The van der Waals surface area contributed by atoms with Gasteiger partial charge in [-0.2, -0.15) is 0 Å². The Morgan fingerprint density at radius 3 is 1.71 bits per heavy atom. The average Bonchev–Trinajstić information content (AvgIpc) is 1.30. The third-order valence-corrected chi connectivity index (χ3v) is 0.530. The van der Waals surface area contributed by atoms with Crippen LogP contribution in [-0.2, 0) is 16.0 Å². The van der Waals surface area contributed by atoms with E-state index >= 15 is 0 Å². The van der Waals surface area contributed by atoms with E-state index < -0.39 is 0 Å². The van der Waals surface area contributed by atoms with Gasteiger partial charge in [-0.15, -0.1) is 0 Å². The Morgan fingerprint density at radius 2 is 1.71 bits per heavy atom. The van der Waals surface area contributed by atoms with Crippen LogP contribution >= 0.6 is 0 Å². The summed E-state index contributed by atoms with van der Waals surface area (Å²) in [5.41, 5.74) is 0.0799. The van der Waals surface area contributed by atoms with Crippen molar-refractivity contribution in [1.29, 1.82) is 0 Å². The zero-order valence-corrected chi connectivity index (χ0v) is 5.74. The second-order valence-corrected chi connectivity index (χ2v) is 2.69. The maximum atomic E-state index is 4.57. The van der Waals surface area contributed by atoms with Crippen molar-refractivity contribution < 1.29 is 16.0 Å². The van der Waals surface area contributed by atoms with E-state index in [2.05, 4.69) is 26.8 Å². The maximum absolute atomic E-state index is 4.57. The molecule has 0 fully saturated rings. The van der Waals surface area contributed by atoms with E-state index in [0.717, 1.165) is 0 Å². The van der Waals surface area contributed by atoms with Crippen LogP contribution in [0.1, 0.15) is 20.8 Å². The Balaban J connectivity index is 3.72. The second-order valence-electron chi connectivity index (χ2n) is 2.45. The molecule has 0 aliphatic heterocycles. The molecular weight excluding hydrogens is 136 g/mol. The van der Waals surface area contributed by atoms with Crippen molar-refractivity contribution in [3.63, 3.8) is 0 Å². The predicted molar refractivity (Wildman–Crippen MR) is 27.2 cm³/mol. The first-order chi connectivity index (χ1) is 3.06. The number of hydrogen-bond acceptors (Lipinski definition) is 0. The number of rotatable bonds is 0. The Kier molecular flexibility index (Phi) is 2.43. The van der Waals surface area contributed by atoms with Crippen molar-refractivity contribution in [3.05, 3.63) is 0 Å². The molecule has 0 aliphatic carbocycles. The van der Waals surface area contributed by atoms with E-state index in [-0.39, 0.29) is 5.41 Å². The van der Waals surface area contributed by atoms with Crippen molar-refractivity contribution in [2.24, 2.45) is 5.41 Å². The Bertz CT molecular complexity index is 97.6. The summed E-state index contributed by atoms with van der Waals surface area (Å²) in [5.74, 6) is 2.84. The molecule has 0 rings (SSSR count). The molecular formula is C6H9Cu. The Hall–Kier alpha value is 0.0795. The molecule has 0 N–H and O–H groups in total. The molecule has 44 valence electrons. The summed E-state index contributed by atoms with van der Waals surface area (Å²) in [6.07, 6.45) is 0. The fraction of sp³-hybridized carbons (Fsp3) is 0.667. The molecule has 1 heteroatoms. The van der Waals surface area contributed by atoms with Crippen molar-refractivity contribution in [1.82, 2.24) is 0 Å². The van der Waals surface area contributed by atoms with Gasteiger partial charge < -0.3 is 0 Å². The monoisotopic (exact) mass is 144 g/mol. The van der Waals surface area contributed by atoms with Crippen LogP contribution in [0, 0.1) is 16.2 Å². The summed E-state index contributed by atoms with van der Waals surface area (Å²) >= 11 is 4.57. The van der Waals surface area contributed by atoms with Gasteiger partial charge in [-0.1, -0.05) is 0 Å². The van der Waals surface area contributed by atoms with Gasteiger partial charge in [0.05, 0.1) is 0 Å². The van der Waals surface area contributed by atoms with Crippen molar-refractivity contribution >= 4 is 0 Å². The summed E-state index contributed by atoms with van der Waals surface area (Å²) in [5, 5.41) is 0. The molecule has 0 saturated carbocycles. The third-order valence-electron chi connectivity index (χ3n) is 0.413. The van der Waals surface area contributed by atoms with E-state index in [0.29, 0.717) is 0 Å². The first-order valence-electron chi connectivity index (χ1n) is 2.15. The fourth-order valence-corrected chi connectivity index (χ4v) is 0.466. The molecule has 0 bridgehead atoms. The average molecular weight is 145 g/mol. The van der Waals surface area contributed by atoms with Gasteiger partial charge in [0.2, 0.25) is 0 Å². The van der Waals surface area contributed by atoms with Gasteiger partial charge in [-0.05, 0) is 0 Å². The second kappa shape index (κ2) is 2.40. The van der Waals surface area contributed by atoms with Gasteiger partial charge in [0.25, 0.3) is 0 Å². The van der Waals surface area contributed by atoms with Crippen LogP contribution in [0.25, 0.3) is 0 Å². The molecule has 0 aliphatic rings. The normalized spacial score (nSPS) is 9.86.